The van der Waals surface area contributed by atoms with E-state index >= 15 is 0 Å². The molecular weight excluding hydrogens is 292 g/mol. The second-order valence-corrected chi connectivity index (χ2v) is 5.83. The van der Waals surface area contributed by atoms with Crippen molar-refractivity contribution in [2.75, 3.05) is 18.1 Å². The number of nitrogen functional groups attached to an aromatic ring is 2. The fourth-order valence-electron chi connectivity index (χ4n) is 2.81. The third kappa shape index (κ3) is 3.70. The molecule has 6 N–H and O–H groups in total. The van der Waals surface area contributed by atoms with Gasteiger partial charge in [0.2, 0.25) is 0 Å². The number of hydrogen-bond acceptors (Lipinski definition) is 5. The molecule has 0 radical (unpaired) electrons. The number of rotatable bonds is 5. The Morgan fingerprint density at radius 3 is 2.35 bits per heavy atom. The van der Waals surface area contributed by atoms with Crippen LogP contribution in [0.15, 0.2) is 36.4 Å². The van der Waals surface area contributed by atoms with Crippen molar-refractivity contribution in [3.8, 4) is 0 Å². The summed E-state index contributed by atoms with van der Waals surface area (Å²) in [4.78, 5) is 12.7. The van der Waals surface area contributed by atoms with Crippen LogP contribution in [0, 0.1) is 13.8 Å². The van der Waals surface area contributed by atoms with Crippen molar-refractivity contribution in [3.63, 3.8) is 0 Å². The van der Waals surface area contributed by atoms with Gasteiger partial charge < -0.3 is 21.7 Å². The molecule has 0 bridgehead atoms. The summed E-state index contributed by atoms with van der Waals surface area (Å²) in [6.07, 6.45) is -1.45. The SMILES string of the molecule is Cc1cc(N)cc(C(C(=O)C(O)CO)c2ccc(N)cc2C)c1. The zero-order valence-corrected chi connectivity index (χ0v) is 13.3. The molecule has 2 aromatic rings. The topological polar surface area (TPSA) is 110 Å². The number of ketones is 1. The Kier molecular flexibility index (Phi) is 5.03. The van der Waals surface area contributed by atoms with E-state index in [-0.39, 0.29) is 0 Å². The fourth-order valence-corrected chi connectivity index (χ4v) is 2.81. The van der Waals surface area contributed by atoms with Crippen LogP contribution in [-0.2, 0) is 4.79 Å². The summed E-state index contributed by atoms with van der Waals surface area (Å²) in [5, 5.41) is 19.0. The Balaban J connectivity index is 2.62. The number of benzene rings is 2. The van der Waals surface area contributed by atoms with Crippen molar-refractivity contribution in [2.45, 2.75) is 25.9 Å². The lowest BCUT2D eigenvalue weighted by Crippen LogP contribution is -2.31. The van der Waals surface area contributed by atoms with Gasteiger partial charge in [0.15, 0.2) is 5.78 Å². The Labute approximate surface area is 135 Å². The number of aliphatic hydroxyl groups excluding tert-OH is 2. The van der Waals surface area contributed by atoms with E-state index in [1.54, 1.807) is 24.3 Å². The van der Waals surface area contributed by atoms with Crippen LogP contribution in [0.25, 0.3) is 0 Å². The van der Waals surface area contributed by atoms with Gasteiger partial charge in [0.25, 0.3) is 0 Å². The van der Waals surface area contributed by atoms with Crippen LogP contribution in [0.2, 0.25) is 0 Å². The molecule has 0 aliphatic heterocycles. The van der Waals surface area contributed by atoms with Crippen LogP contribution >= 0.6 is 0 Å². The van der Waals surface area contributed by atoms with Crippen LogP contribution in [0.4, 0.5) is 11.4 Å². The van der Waals surface area contributed by atoms with Gasteiger partial charge in [0, 0.05) is 11.4 Å². The van der Waals surface area contributed by atoms with Crippen molar-refractivity contribution in [1.29, 1.82) is 0 Å². The van der Waals surface area contributed by atoms with Crippen LogP contribution in [0.5, 0.6) is 0 Å². The minimum Gasteiger partial charge on any atom is -0.399 e. The highest BCUT2D eigenvalue weighted by atomic mass is 16.3. The molecule has 0 heterocycles. The van der Waals surface area contributed by atoms with E-state index in [9.17, 15) is 9.90 Å². The third-order valence-corrected chi connectivity index (χ3v) is 3.85. The predicted molar refractivity (Wildman–Crippen MR) is 91.1 cm³/mol. The van der Waals surface area contributed by atoms with Crippen molar-refractivity contribution >= 4 is 17.2 Å². The molecule has 122 valence electrons. The van der Waals surface area contributed by atoms with Gasteiger partial charge in [-0.3, -0.25) is 4.79 Å². The first kappa shape index (κ1) is 17.0. The first-order chi connectivity index (χ1) is 10.8. The van der Waals surface area contributed by atoms with Crippen molar-refractivity contribution in [2.24, 2.45) is 0 Å². The molecule has 5 heteroatoms. The first-order valence-electron chi connectivity index (χ1n) is 7.39. The number of nitrogens with two attached hydrogens (primary N) is 2. The lowest BCUT2D eigenvalue weighted by molar-refractivity contribution is -0.129. The van der Waals surface area contributed by atoms with Crippen molar-refractivity contribution < 1.29 is 15.0 Å². The number of carbonyl (C=O) groups is 1. The number of anilines is 2. The maximum absolute atomic E-state index is 12.7. The smallest absolute Gasteiger partial charge is 0.175 e. The van der Waals surface area contributed by atoms with Gasteiger partial charge in [-0.1, -0.05) is 12.1 Å². The van der Waals surface area contributed by atoms with E-state index in [0.29, 0.717) is 16.9 Å². The first-order valence-corrected chi connectivity index (χ1v) is 7.39. The van der Waals surface area contributed by atoms with E-state index in [2.05, 4.69) is 0 Å². The second-order valence-electron chi connectivity index (χ2n) is 5.83. The van der Waals surface area contributed by atoms with Crippen molar-refractivity contribution in [3.05, 3.63) is 58.7 Å². The predicted octanol–water partition coefficient (Wildman–Crippen LogP) is 1.52. The van der Waals surface area contributed by atoms with Gasteiger partial charge in [-0.2, -0.15) is 0 Å². The fraction of sp³-hybridized carbons (Fsp3) is 0.278. The molecule has 0 amide bonds. The molecule has 2 unspecified atom stereocenters. The zero-order valence-electron chi connectivity index (χ0n) is 13.3. The molecule has 0 spiro atoms. The number of hydrogen-bond donors (Lipinski definition) is 4. The van der Waals surface area contributed by atoms with Crippen LogP contribution in [0.1, 0.15) is 28.2 Å². The maximum atomic E-state index is 12.7. The number of aryl methyl sites for hydroxylation is 2. The van der Waals surface area contributed by atoms with Crippen LogP contribution < -0.4 is 11.5 Å². The zero-order chi connectivity index (χ0) is 17.1. The molecule has 2 atom stereocenters. The highest BCUT2D eigenvalue weighted by Crippen LogP contribution is 2.32. The van der Waals surface area contributed by atoms with E-state index in [1.165, 1.54) is 0 Å². The molecule has 0 saturated carbocycles. The summed E-state index contributed by atoms with van der Waals surface area (Å²) in [6.45, 7) is 3.13. The summed E-state index contributed by atoms with van der Waals surface area (Å²) in [6, 6.07) is 10.7. The number of aliphatic hydroxyl groups is 2. The van der Waals surface area contributed by atoms with Gasteiger partial charge >= 0.3 is 0 Å². The molecule has 0 aromatic heterocycles. The minimum absolute atomic E-state index is 0.467. The molecule has 0 aliphatic rings. The molecule has 2 aromatic carbocycles. The summed E-state index contributed by atoms with van der Waals surface area (Å²) in [7, 11) is 0. The second kappa shape index (κ2) is 6.81. The number of carbonyl (C=O) groups excluding carboxylic acids is 1. The quantitative estimate of drug-likeness (QED) is 0.626. The molecule has 0 aliphatic carbocycles. The average Bonchev–Trinajstić information content (AvgIpc) is 2.47. The van der Waals surface area contributed by atoms with E-state index in [0.717, 1.165) is 16.7 Å². The Morgan fingerprint density at radius 1 is 1.09 bits per heavy atom. The van der Waals surface area contributed by atoms with Gasteiger partial charge in [-0.15, -0.1) is 0 Å². The largest absolute Gasteiger partial charge is 0.399 e. The van der Waals surface area contributed by atoms with E-state index in [1.807, 2.05) is 26.0 Å². The summed E-state index contributed by atoms with van der Waals surface area (Å²) < 4.78 is 0. The van der Waals surface area contributed by atoms with Crippen molar-refractivity contribution in [1.82, 2.24) is 0 Å². The van der Waals surface area contributed by atoms with Crippen LogP contribution in [0.3, 0.4) is 0 Å². The molecule has 0 fully saturated rings. The van der Waals surface area contributed by atoms with Gasteiger partial charge in [0.05, 0.1) is 12.5 Å². The highest BCUT2D eigenvalue weighted by Gasteiger charge is 2.29. The Hall–Kier alpha value is -2.37. The normalized spacial score (nSPS) is 13.6. The molecular formula is C18H22N2O3. The Bertz CT molecular complexity index is 708. The summed E-state index contributed by atoms with van der Waals surface area (Å²) >= 11 is 0. The molecule has 5 nitrogen and oxygen atoms in total. The molecule has 23 heavy (non-hydrogen) atoms. The van der Waals surface area contributed by atoms with Crippen LogP contribution in [-0.4, -0.2) is 28.7 Å². The number of Topliss-reactive ketones (excluding diaryl/α,β-unsaturated/α-hetero) is 1. The lowest BCUT2D eigenvalue weighted by atomic mass is 9.82. The molecule has 0 saturated heterocycles. The Morgan fingerprint density at radius 2 is 1.78 bits per heavy atom. The van der Waals surface area contributed by atoms with Gasteiger partial charge in [-0.05, 0) is 60.4 Å². The summed E-state index contributed by atoms with van der Waals surface area (Å²) in [5.41, 5.74) is 16.0. The lowest BCUT2D eigenvalue weighted by Gasteiger charge is -2.22. The monoisotopic (exact) mass is 314 g/mol. The van der Waals surface area contributed by atoms with Gasteiger partial charge in [0.1, 0.15) is 6.10 Å². The summed E-state index contributed by atoms with van der Waals surface area (Å²) in [5.74, 6) is -1.18. The average molecular weight is 314 g/mol. The van der Waals surface area contributed by atoms with E-state index < -0.39 is 24.4 Å². The van der Waals surface area contributed by atoms with Gasteiger partial charge in [-0.25, -0.2) is 0 Å². The molecule has 2 rings (SSSR count). The maximum Gasteiger partial charge on any atom is 0.175 e. The minimum atomic E-state index is -1.45. The van der Waals surface area contributed by atoms with E-state index in [4.69, 9.17) is 16.6 Å². The third-order valence-electron chi connectivity index (χ3n) is 3.85. The standard InChI is InChI=1S/C18H22N2O3/c1-10-5-12(8-14(20)6-10)17(18(23)16(22)9-21)15-4-3-13(19)7-11(15)2/h3-8,16-17,21-22H,9,19-20H2,1-2H3. The highest BCUT2D eigenvalue weighted by molar-refractivity contribution is 5.93.